The number of Topliss-reactive ketones (excluding diaryl/α,β-unsaturated/α-hetero) is 1. The van der Waals surface area contributed by atoms with Crippen molar-refractivity contribution in [2.75, 3.05) is 21.3 Å². The summed E-state index contributed by atoms with van der Waals surface area (Å²) in [6.45, 7) is 1.75. The first-order chi connectivity index (χ1) is 11.3. The fourth-order valence-electron chi connectivity index (χ4n) is 4.71. The normalized spacial score (nSPS) is 31.1. The van der Waals surface area contributed by atoms with E-state index in [4.69, 9.17) is 14.2 Å². The minimum atomic E-state index is -1.55. The highest BCUT2D eigenvalue weighted by molar-refractivity contribution is 6.03. The predicted octanol–water partition coefficient (Wildman–Crippen LogP) is 1.28. The summed E-state index contributed by atoms with van der Waals surface area (Å²) in [6.07, 6.45) is 1.53. The van der Waals surface area contributed by atoms with Crippen LogP contribution < -0.4 is 0 Å². The van der Waals surface area contributed by atoms with Crippen molar-refractivity contribution in [2.24, 2.45) is 22.7 Å². The van der Waals surface area contributed by atoms with Crippen molar-refractivity contribution in [3.8, 4) is 0 Å². The Morgan fingerprint density at radius 2 is 1.67 bits per heavy atom. The molecule has 0 aromatic rings. The molecule has 24 heavy (non-hydrogen) atoms. The number of esters is 3. The molecule has 134 valence electrons. The largest absolute Gasteiger partial charge is 0.469 e. The number of ketones is 1. The molecule has 0 amide bonds. The topological polar surface area (TPSA) is 96.0 Å². The summed E-state index contributed by atoms with van der Waals surface area (Å²) in [5.74, 6) is -2.91. The van der Waals surface area contributed by atoms with E-state index >= 15 is 0 Å². The Balaban J connectivity index is 2.57. The van der Waals surface area contributed by atoms with Gasteiger partial charge in [0.05, 0.1) is 21.3 Å². The van der Waals surface area contributed by atoms with Crippen molar-refractivity contribution in [1.29, 1.82) is 0 Å². The molecule has 2 aliphatic carbocycles. The molecular weight excluding hydrogens is 316 g/mol. The van der Waals surface area contributed by atoms with Crippen LogP contribution in [0.3, 0.4) is 0 Å². The van der Waals surface area contributed by atoms with Gasteiger partial charge in [-0.15, -0.1) is 0 Å². The molecule has 2 rings (SSSR count). The molecule has 0 bridgehead atoms. The summed E-state index contributed by atoms with van der Waals surface area (Å²) in [4.78, 5) is 49.7. The van der Waals surface area contributed by atoms with Crippen LogP contribution in [-0.4, -0.2) is 45.0 Å². The molecule has 0 N–H and O–H groups in total. The van der Waals surface area contributed by atoms with E-state index in [2.05, 4.69) is 0 Å². The molecule has 0 spiro atoms. The standard InChI is InChI=1S/C17H24O7/c1-16-10(8-13(19)22-2)9-17(14(20)23-3,15(21)24-4)11(16)6-5-7-12(16)18/h10-11H,5-9H2,1-4H3. The van der Waals surface area contributed by atoms with Crippen molar-refractivity contribution in [3.63, 3.8) is 0 Å². The van der Waals surface area contributed by atoms with Crippen LogP contribution in [0.5, 0.6) is 0 Å². The molecular formula is C17H24O7. The van der Waals surface area contributed by atoms with E-state index in [9.17, 15) is 19.2 Å². The van der Waals surface area contributed by atoms with Crippen molar-refractivity contribution < 1.29 is 33.4 Å². The lowest BCUT2D eigenvalue weighted by atomic mass is 9.60. The summed E-state index contributed by atoms with van der Waals surface area (Å²) in [5.41, 5.74) is -2.50. The maximum Gasteiger partial charge on any atom is 0.323 e. The van der Waals surface area contributed by atoms with E-state index in [0.717, 1.165) is 0 Å². The van der Waals surface area contributed by atoms with Gasteiger partial charge in [0.1, 0.15) is 5.78 Å². The van der Waals surface area contributed by atoms with Crippen molar-refractivity contribution in [1.82, 2.24) is 0 Å². The molecule has 0 aromatic heterocycles. The third-order valence-electron chi connectivity index (χ3n) is 5.97. The fraction of sp³-hybridized carbons (Fsp3) is 0.765. The van der Waals surface area contributed by atoms with Crippen molar-refractivity contribution in [2.45, 2.75) is 39.0 Å². The molecule has 2 fully saturated rings. The lowest BCUT2D eigenvalue weighted by molar-refractivity contribution is -0.175. The lowest BCUT2D eigenvalue weighted by Gasteiger charge is -2.42. The zero-order valence-electron chi connectivity index (χ0n) is 14.5. The molecule has 3 atom stereocenters. The minimum Gasteiger partial charge on any atom is -0.469 e. The van der Waals surface area contributed by atoms with Crippen LogP contribution >= 0.6 is 0 Å². The van der Waals surface area contributed by atoms with Gasteiger partial charge in [-0.1, -0.05) is 6.92 Å². The Bertz CT molecular complexity index is 551. The van der Waals surface area contributed by atoms with Gasteiger partial charge in [0.2, 0.25) is 0 Å². The zero-order valence-corrected chi connectivity index (χ0v) is 14.5. The van der Waals surface area contributed by atoms with Gasteiger partial charge in [-0.05, 0) is 31.1 Å². The Morgan fingerprint density at radius 1 is 1.08 bits per heavy atom. The van der Waals surface area contributed by atoms with E-state index in [1.807, 2.05) is 0 Å². The summed E-state index contributed by atoms with van der Waals surface area (Å²) < 4.78 is 14.5. The summed E-state index contributed by atoms with van der Waals surface area (Å²) >= 11 is 0. The second kappa shape index (κ2) is 6.53. The van der Waals surface area contributed by atoms with Crippen LogP contribution in [0.25, 0.3) is 0 Å². The van der Waals surface area contributed by atoms with Crippen LogP contribution in [0.1, 0.15) is 39.0 Å². The Hall–Kier alpha value is -1.92. The number of rotatable bonds is 4. The quantitative estimate of drug-likeness (QED) is 0.432. The number of methoxy groups -OCH3 is 3. The number of hydrogen-bond acceptors (Lipinski definition) is 7. The summed E-state index contributed by atoms with van der Waals surface area (Å²) in [7, 11) is 3.69. The second-order valence-electron chi connectivity index (χ2n) is 6.79. The molecule has 3 unspecified atom stereocenters. The fourth-order valence-corrected chi connectivity index (χ4v) is 4.71. The highest BCUT2D eigenvalue weighted by Crippen LogP contribution is 2.63. The number of hydrogen-bond donors (Lipinski definition) is 0. The van der Waals surface area contributed by atoms with Gasteiger partial charge >= 0.3 is 17.9 Å². The van der Waals surface area contributed by atoms with E-state index < -0.39 is 40.6 Å². The van der Waals surface area contributed by atoms with Gasteiger partial charge in [0, 0.05) is 18.3 Å². The number of ether oxygens (including phenoxy) is 3. The average molecular weight is 340 g/mol. The maximum atomic E-state index is 12.7. The molecule has 0 heterocycles. The maximum absolute atomic E-state index is 12.7. The predicted molar refractivity (Wildman–Crippen MR) is 81.7 cm³/mol. The monoisotopic (exact) mass is 340 g/mol. The van der Waals surface area contributed by atoms with Crippen molar-refractivity contribution in [3.05, 3.63) is 0 Å². The molecule has 0 saturated heterocycles. The average Bonchev–Trinajstić information content (AvgIpc) is 2.85. The van der Waals surface area contributed by atoms with Gasteiger partial charge in [-0.25, -0.2) is 0 Å². The van der Waals surface area contributed by atoms with Crippen LogP contribution in [0.4, 0.5) is 0 Å². The van der Waals surface area contributed by atoms with E-state index in [1.165, 1.54) is 21.3 Å². The third-order valence-corrected chi connectivity index (χ3v) is 5.97. The first-order valence-corrected chi connectivity index (χ1v) is 8.06. The van der Waals surface area contributed by atoms with Gasteiger partial charge < -0.3 is 14.2 Å². The van der Waals surface area contributed by atoms with Crippen molar-refractivity contribution >= 4 is 23.7 Å². The molecule has 7 heteroatoms. The smallest absolute Gasteiger partial charge is 0.323 e. The molecule has 0 aromatic carbocycles. The number of fused-ring (bicyclic) bond motifs is 1. The number of carbonyl (C=O) groups is 4. The van der Waals surface area contributed by atoms with E-state index in [-0.39, 0.29) is 18.6 Å². The minimum absolute atomic E-state index is 0.0228. The van der Waals surface area contributed by atoms with Gasteiger partial charge in [-0.2, -0.15) is 0 Å². The summed E-state index contributed by atoms with van der Waals surface area (Å²) in [6, 6.07) is 0. The van der Waals surface area contributed by atoms with Crippen LogP contribution in [-0.2, 0) is 33.4 Å². The SMILES string of the molecule is COC(=O)CC1CC(C(=O)OC)(C(=O)OC)C2CCCC(=O)C12C. The first-order valence-electron chi connectivity index (χ1n) is 8.06. The highest BCUT2D eigenvalue weighted by Gasteiger charge is 2.70. The van der Waals surface area contributed by atoms with E-state index in [1.54, 1.807) is 6.92 Å². The van der Waals surface area contributed by atoms with Crippen LogP contribution in [0, 0.1) is 22.7 Å². The van der Waals surface area contributed by atoms with Crippen LogP contribution in [0.2, 0.25) is 0 Å². The lowest BCUT2D eigenvalue weighted by Crippen LogP contribution is -2.50. The molecule has 0 aliphatic heterocycles. The van der Waals surface area contributed by atoms with Gasteiger partial charge in [0.25, 0.3) is 0 Å². The summed E-state index contributed by atoms with van der Waals surface area (Å²) in [5, 5.41) is 0. The molecule has 2 saturated carbocycles. The van der Waals surface area contributed by atoms with Crippen LogP contribution in [0.15, 0.2) is 0 Å². The molecule has 0 radical (unpaired) electrons. The molecule has 7 nitrogen and oxygen atoms in total. The Labute approximate surface area is 141 Å². The Morgan fingerprint density at radius 3 is 2.17 bits per heavy atom. The molecule has 2 aliphatic rings. The van der Waals surface area contributed by atoms with E-state index in [0.29, 0.717) is 19.3 Å². The second-order valence-corrected chi connectivity index (χ2v) is 6.79. The number of carbonyl (C=O) groups excluding carboxylic acids is 4. The van der Waals surface area contributed by atoms with Gasteiger partial charge in [-0.3, -0.25) is 19.2 Å². The van der Waals surface area contributed by atoms with Gasteiger partial charge in [0.15, 0.2) is 5.41 Å². The Kier molecular flexibility index (Phi) is 5.01. The highest BCUT2D eigenvalue weighted by atomic mass is 16.5. The first kappa shape index (κ1) is 18.4. The zero-order chi connectivity index (χ0) is 18.1. The third kappa shape index (κ3) is 2.41.